The summed E-state index contributed by atoms with van der Waals surface area (Å²) in [6.07, 6.45) is 1.41. The number of carboxylic acids is 1. The molecule has 1 unspecified atom stereocenters. The average molecular weight is 387 g/mol. The number of carbonyl (C=O) groups is 3. The lowest BCUT2D eigenvalue weighted by molar-refractivity contribution is -0.139. The molecule has 0 spiro atoms. The van der Waals surface area contributed by atoms with E-state index in [4.69, 9.17) is 5.11 Å². The van der Waals surface area contributed by atoms with E-state index in [2.05, 4.69) is 20.8 Å². The topological polar surface area (TPSA) is 127 Å². The van der Waals surface area contributed by atoms with Crippen molar-refractivity contribution >= 4 is 28.7 Å². The Morgan fingerprint density at radius 3 is 2.71 bits per heavy atom. The van der Waals surface area contributed by atoms with Gasteiger partial charge in [-0.15, -0.1) is 0 Å². The number of amides is 2. The van der Waals surface area contributed by atoms with E-state index in [0.29, 0.717) is 24.8 Å². The van der Waals surface area contributed by atoms with E-state index in [-0.39, 0.29) is 30.2 Å². The second-order valence-corrected chi connectivity index (χ2v) is 7.10. The highest BCUT2D eigenvalue weighted by Gasteiger charge is 2.35. The Kier molecular flexibility index (Phi) is 5.93. The summed E-state index contributed by atoms with van der Waals surface area (Å²) < 4.78 is 0. The monoisotopic (exact) mass is 387 g/mol. The number of rotatable bonds is 8. The number of aliphatic carboxylic acids is 1. The van der Waals surface area contributed by atoms with Crippen molar-refractivity contribution in [1.82, 2.24) is 25.7 Å². The Bertz CT molecular complexity index is 874. The highest BCUT2D eigenvalue weighted by Crippen LogP contribution is 2.25. The molecular weight excluding hydrogens is 362 g/mol. The summed E-state index contributed by atoms with van der Waals surface area (Å²) in [6.45, 7) is 4.21. The van der Waals surface area contributed by atoms with Gasteiger partial charge in [0.05, 0.1) is 12.1 Å². The summed E-state index contributed by atoms with van der Waals surface area (Å²) in [6, 6.07) is 6.73. The first-order valence-corrected chi connectivity index (χ1v) is 9.39. The van der Waals surface area contributed by atoms with Crippen molar-refractivity contribution in [3.05, 3.63) is 30.0 Å². The van der Waals surface area contributed by atoms with Crippen LogP contribution in [0.15, 0.2) is 24.3 Å². The average Bonchev–Trinajstić information content (AvgIpc) is 3.06. The summed E-state index contributed by atoms with van der Waals surface area (Å²) in [4.78, 5) is 37.6. The van der Waals surface area contributed by atoms with E-state index in [9.17, 15) is 14.4 Å². The summed E-state index contributed by atoms with van der Waals surface area (Å²) >= 11 is 0. The maximum atomic E-state index is 12.5. The molecule has 9 nitrogen and oxygen atoms in total. The van der Waals surface area contributed by atoms with Crippen LogP contribution in [-0.2, 0) is 9.59 Å². The molecule has 150 valence electrons. The van der Waals surface area contributed by atoms with Crippen molar-refractivity contribution in [2.24, 2.45) is 0 Å². The van der Waals surface area contributed by atoms with Crippen LogP contribution in [-0.4, -0.2) is 69.2 Å². The van der Waals surface area contributed by atoms with E-state index in [1.807, 2.05) is 30.0 Å². The van der Waals surface area contributed by atoms with Gasteiger partial charge in [0.25, 0.3) is 5.91 Å². The van der Waals surface area contributed by atoms with Gasteiger partial charge in [-0.05, 0) is 32.4 Å². The van der Waals surface area contributed by atoms with Crippen LogP contribution in [0.3, 0.4) is 0 Å². The zero-order valence-corrected chi connectivity index (χ0v) is 15.9. The van der Waals surface area contributed by atoms with E-state index in [0.717, 1.165) is 5.52 Å². The molecule has 0 aliphatic heterocycles. The number of hydrogen-bond donors (Lipinski definition) is 4. The van der Waals surface area contributed by atoms with Gasteiger partial charge in [-0.2, -0.15) is 5.10 Å². The predicted molar refractivity (Wildman–Crippen MR) is 103 cm³/mol. The lowest BCUT2D eigenvalue weighted by atomic mass is 9.85. The van der Waals surface area contributed by atoms with Crippen molar-refractivity contribution in [2.45, 2.75) is 44.8 Å². The van der Waals surface area contributed by atoms with Crippen molar-refractivity contribution < 1.29 is 19.5 Å². The van der Waals surface area contributed by atoms with Gasteiger partial charge in [-0.1, -0.05) is 25.1 Å². The maximum absolute atomic E-state index is 12.5. The van der Waals surface area contributed by atoms with Crippen LogP contribution in [0.2, 0.25) is 0 Å². The number of hydrogen-bond acceptors (Lipinski definition) is 5. The number of fused-ring (bicyclic) bond motifs is 1. The second-order valence-electron chi connectivity index (χ2n) is 7.10. The molecule has 2 amide bonds. The number of para-hydroxylation sites is 1. The number of carboxylic acid groups (broad SMARTS) is 1. The van der Waals surface area contributed by atoms with Crippen LogP contribution < -0.4 is 10.6 Å². The first-order chi connectivity index (χ1) is 13.4. The molecule has 1 atom stereocenters. The zero-order valence-electron chi connectivity index (χ0n) is 15.9. The van der Waals surface area contributed by atoms with E-state index < -0.39 is 17.9 Å². The standard InChI is InChI=1S/C19H25N5O4/c1-3-24(10-16(25)26)13-8-12(9-13)21-18(27)11(2)20-19(28)17-14-6-4-5-7-15(14)22-23-17/h4-7,11-13H,3,8-10H2,1-2H3,(H,20,28)(H,21,27)(H,22,23)(H,25,26). The van der Waals surface area contributed by atoms with Crippen LogP contribution in [0.4, 0.5) is 0 Å². The molecule has 1 fully saturated rings. The molecule has 4 N–H and O–H groups in total. The Hall–Kier alpha value is -2.94. The largest absolute Gasteiger partial charge is 0.480 e. The van der Waals surface area contributed by atoms with Gasteiger partial charge in [0.2, 0.25) is 5.91 Å². The number of H-pyrrole nitrogens is 1. The summed E-state index contributed by atoms with van der Waals surface area (Å²) in [5.41, 5.74) is 1.01. The molecule has 1 saturated carbocycles. The number of likely N-dealkylation sites (N-methyl/N-ethyl adjacent to an activating group) is 1. The first kappa shape index (κ1) is 19.8. The molecule has 3 rings (SSSR count). The van der Waals surface area contributed by atoms with Gasteiger partial charge in [-0.25, -0.2) is 0 Å². The van der Waals surface area contributed by atoms with E-state index in [1.165, 1.54) is 0 Å². The molecule has 1 heterocycles. The number of nitrogens with zero attached hydrogens (tertiary/aromatic N) is 2. The Labute approximate surface area is 162 Å². The number of carbonyl (C=O) groups excluding carboxylic acids is 2. The van der Waals surface area contributed by atoms with Crippen LogP contribution in [0.5, 0.6) is 0 Å². The van der Waals surface area contributed by atoms with Gasteiger partial charge in [0.15, 0.2) is 5.69 Å². The SMILES string of the molecule is CCN(CC(=O)O)C1CC(NC(=O)C(C)NC(=O)c2n[nH]c3ccccc23)C1. The second kappa shape index (κ2) is 8.39. The van der Waals surface area contributed by atoms with Crippen LogP contribution in [0, 0.1) is 0 Å². The van der Waals surface area contributed by atoms with Gasteiger partial charge in [0, 0.05) is 17.5 Å². The molecule has 0 radical (unpaired) electrons. The third-order valence-corrected chi connectivity index (χ3v) is 5.15. The normalized spacial score (nSPS) is 19.8. The molecule has 28 heavy (non-hydrogen) atoms. The van der Waals surface area contributed by atoms with Crippen molar-refractivity contribution in [3.63, 3.8) is 0 Å². The fraction of sp³-hybridized carbons (Fsp3) is 0.474. The first-order valence-electron chi connectivity index (χ1n) is 9.39. The Morgan fingerprint density at radius 1 is 1.32 bits per heavy atom. The minimum atomic E-state index is -0.850. The fourth-order valence-corrected chi connectivity index (χ4v) is 3.47. The highest BCUT2D eigenvalue weighted by atomic mass is 16.4. The molecule has 1 aliphatic carbocycles. The third kappa shape index (κ3) is 4.30. The smallest absolute Gasteiger partial charge is 0.317 e. The maximum Gasteiger partial charge on any atom is 0.317 e. The molecule has 1 aliphatic rings. The summed E-state index contributed by atoms with van der Waals surface area (Å²) in [7, 11) is 0. The summed E-state index contributed by atoms with van der Waals surface area (Å²) in [5, 5.41) is 22.1. The number of benzene rings is 1. The van der Waals surface area contributed by atoms with Gasteiger partial charge < -0.3 is 15.7 Å². The van der Waals surface area contributed by atoms with Crippen molar-refractivity contribution in [2.75, 3.05) is 13.1 Å². The molecule has 1 aromatic carbocycles. The minimum absolute atomic E-state index is 0.00587. The number of nitrogens with one attached hydrogen (secondary N) is 3. The molecule has 0 saturated heterocycles. The zero-order chi connectivity index (χ0) is 20.3. The van der Waals surface area contributed by atoms with E-state index in [1.54, 1.807) is 13.0 Å². The molecule has 2 aromatic rings. The quantitative estimate of drug-likeness (QED) is 0.529. The highest BCUT2D eigenvalue weighted by molar-refractivity contribution is 6.05. The molecule has 1 aromatic heterocycles. The van der Waals surface area contributed by atoms with Gasteiger partial charge in [0.1, 0.15) is 6.04 Å². The van der Waals surface area contributed by atoms with Crippen LogP contribution in [0.25, 0.3) is 10.9 Å². The van der Waals surface area contributed by atoms with E-state index >= 15 is 0 Å². The minimum Gasteiger partial charge on any atom is -0.480 e. The third-order valence-electron chi connectivity index (χ3n) is 5.15. The van der Waals surface area contributed by atoms with Crippen LogP contribution >= 0.6 is 0 Å². The van der Waals surface area contributed by atoms with Crippen LogP contribution in [0.1, 0.15) is 37.2 Å². The summed E-state index contributed by atoms with van der Waals surface area (Å²) in [5.74, 6) is -1.53. The predicted octanol–water partition coefficient (Wildman–Crippen LogP) is 0.735. The van der Waals surface area contributed by atoms with Crippen molar-refractivity contribution in [1.29, 1.82) is 0 Å². The van der Waals surface area contributed by atoms with Gasteiger partial charge in [-0.3, -0.25) is 24.4 Å². The fourth-order valence-electron chi connectivity index (χ4n) is 3.47. The lowest BCUT2D eigenvalue weighted by Crippen LogP contribution is -2.57. The number of aromatic nitrogens is 2. The lowest BCUT2D eigenvalue weighted by Gasteiger charge is -2.42. The van der Waals surface area contributed by atoms with Gasteiger partial charge >= 0.3 is 5.97 Å². The van der Waals surface area contributed by atoms with Crippen molar-refractivity contribution in [3.8, 4) is 0 Å². The number of aromatic amines is 1. The Morgan fingerprint density at radius 2 is 2.04 bits per heavy atom. The Balaban J connectivity index is 1.49. The molecular formula is C19H25N5O4. The molecule has 0 bridgehead atoms. The molecule has 9 heteroatoms.